The minimum atomic E-state index is -3.76. The number of primary amides is 1. The number of aromatic carboxylic acids is 1. The van der Waals surface area contributed by atoms with Gasteiger partial charge in [-0.2, -0.15) is 0 Å². The Morgan fingerprint density at radius 3 is 2.47 bits per heavy atom. The molecule has 0 fully saturated rings. The minimum Gasteiger partial charge on any atom is -0.478 e. The van der Waals surface area contributed by atoms with Gasteiger partial charge in [0.15, 0.2) is 9.84 Å². The van der Waals surface area contributed by atoms with E-state index in [0.717, 1.165) is 6.07 Å². The Hall–Kier alpha value is -1.41. The van der Waals surface area contributed by atoms with Crippen molar-refractivity contribution in [3.63, 3.8) is 0 Å². The summed E-state index contributed by atoms with van der Waals surface area (Å²) in [6.45, 7) is 1.40. The van der Waals surface area contributed by atoms with E-state index in [-0.39, 0.29) is 14.9 Å². The Labute approximate surface area is 118 Å². The SMILES string of the molecule is CC(CS(=O)(=O)c1ccc(Br)c(C(=O)O)c1)C(N)=O. The fourth-order valence-corrected chi connectivity index (χ4v) is 3.37. The summed E-state index contributed by atoms with van der Waals surface area (Å²) in [7, 11) is -3.76. The van der Waals surface area contributed by atoms with Gasteiger partial charge >= 0.3 is 5.97 Å². The van der Waals surface area contributed by atoms with Crippen molar-refractivity contribution in [2.75, 3.05) is 5.75 Å². The topological polar surface area (TPSA) is 115 Å². The molecule has 1 rings (SSSR count). The van der Waals surface area contributed by atoms with Crippen LogP contribution in [-0.4, -0.2) is 31.2 Å². The molecule has 0 bridgehead atoms. The van der Waals surface area contributed by atoms with Crippen molar-refractivity contribution in [1.82, 2.24) is 0 Å². The minimum absolute atomic E-state index is 0.152. The van der Waals surface area contributed by atoms with Crippen molar-refractivity contribution in [3.8, 4) is 0 Å². The first-order valence-electron chi connectivity index (χ1n) is 5.20. The van der Waals surface area contributed by atoms with Crippen LogP contribution in [0.15, 0.2) is 27.6 Å². The summed E-state index contributed by atoms with van der Waals surface area (Å²) in [5.74, 6) is -3.27. The molecular weight excluding hydrogens is 338 g/mol. The summed E-state index contributed by atoms with van der Waals surface area (Å²) in [5.41, 5.74) is 4.86. The lowest BCUT2D eigenvalue weighted by molar-refractivity contribution is -0.120. The zero-order chi connectivity index (χ0) is 14.8. The smallest absolute Gasteiger partial charge is 0.336 e. The molecule has 1 amide bonds. The number of rotatable bonds is 5. The third-order valence-electron chi connectivity index (χ3n) is 2.48. The summed E-state index contributed by atoms with van der Waals surface area (Å²) < 4.78 is 24.3. The van der Waals surface area contributed by atoms with E-state index in [0.29, 0.717) is 0 Å². The third kappa shape index (κ3) is 3.77. The Balaban J connectivity index is 3.19. The second kappa shape index (κ2) is 5.70. The van der Waals surface area contributed by atoms with Crippen LogP contribution in [0.4, 0.5) is 0 Å². The van der Waals surface area contributed by atoms with E-state index >= 15 is 0 Å². The van der Waals surface area contributed by atoms with Gasteiger partial charge in [0.1, 0.15) is 0 Å². The van der Waals surface area contributed by atoms with Crippen LogP contribution in [0, 0.1) is 5.92 Å². The fourth-order valence-electron chi connectivity index (χ4n) is 1.37. The van der Waals surface area contributed by atoms with Gasteiger partial charge in [0, 0.05) is 10.4 Å². The molecule has 6 nitrogen and oxygen atoms in total. The standard InChI is InChI=1S/C11H12BrNO5S/c1-6(10(13)14)5-19(17,18)7-2-3-9(12)8(4-7)11(15)16/h2-4,6H,5H2,1H3,(H2,13,14)(H,15,16). The molecule has 0 radical (unpaired) electrons. The van der Waals surface area contributed by atoms with Crippen molar-refractivity contribution < 1.29 is 23.1 Å². The second-order valence-corrected chi connectivity index (χ2v) is 6.92. The molecule has 0 aliphatic heterocycles. The van der Waals surface area contributed by atoms with Gasteiger partial charge in [-0.05, 0) is 34.1 Å². The van der Waals surface area contributed by atoms with Crippen LogP contribution >= 0.6 is 15.9 Å². The predicted octanol–water partition coefficient (Wildman–Crippen LogP) is 1.04. The normalized spacial score (nSPS) is 12.9. The molecule has 8 heteroatoms. The Kier molecular flexibility index (Phi) is 4.70. The van der Waals surface area contributed by atoms with Gasteiger partial charge in [0.25, 0.3) is 0 Å². The average molecular weight is 350 g/mol. The number of carbonyl (C=O) groups is 2. The van der Waals surface area contributed by atoms with E-state index in [1.807, 2.05) is 0 Å². The molecule has 0 saturated carbocycles. The number of amides is 1. The molecule has 0 aliphatic carbocycles. The largest absolute Gasteiger partial charge is 0.478 e. The molecule has 1 aromatic rings. The summed E-state index contributed by atoms with van der Waals surface area (Å²) in [5, 5.41) is 8.93. The maximum Gasteiger partial charge on any atom is 0.336 e. The number of benzene rings is 1. The van der Waals surface area contributed by atoms with Crippen LogP contribution in [0.2, 0.25) is 0 Å². The first kappa shape index (κ1) is 15.6. The van der Waals surface area contributed by atoms with Crippen molar-refractivity contribution in [3.05, 3.63) is 28.2 Å². The Morgan fingerprint density at radius 1 is 1.42 bits per heavy atom. The molecule has 19 heavy (non-hydrogen) atoms. The third-order valence-corrected chi connectivity index (χ3v) is 5.08. The molecule has 0 aliphatic rings. The molecule has 1 unspecified atom stereocenters. The second-order valence-electron chi connectivity index (χ2n) is 4.03. The number of hydrogen-bond acceptors (Lipinski definition) is 4. The van der Waals surface area contributed by atoms with Gasteiger partial charge in [-0.1, -0.05) is 6.92 Å². The average Bonchev–Trinajstić information content (AvgIpc) is 2.27. The number of carbonyl (C=O) groups excluding carboxylic acids is 1. The molecule has 0 saturated heterocycles. The number of carboxylic acid groups (broad SMARTS) is 1. The highest BCUT2D eigenvalue weighted by Gasteiger charge is 2.23. The van der Waals surface area contributed by atoms with Crippen molar-refractivity contribution in [2.45, 2.75) is 11.8 Å². The summed E-state index contributed by atoms with van der Waals surface area (Å²) >= 11 is 3.02. The van der Waals surface area contributed by atoms with Crippen LogP contribution in [0.5, 0.6) is 0 Å². The number of nitrogens with two attached hydrogens (primary N) is 1. The fraction of sp³-hybridized carbons (Fsp3) is 0.273. The maximum atomic E-state index is 12.0. The number of sulfone groups is 1. The van der Waals surface area contributed by atoms with Gasteiger partial charge in [-0.15, -0.1) is 0 Å². The highest BCUT2D eigenvalue weighted by Crippen LogP contribution is 2.22. The zero-order valence-electron chi connectivity index (χ0n) is 9.96. The molecule has 0 aromatic heterocycles. The van der Waals surface area contributed by atoms with Gasteiger partial charge in [-0.25, -0.2) is 13.2 Å². The van der Waals surface area contributed by atoms with Crippen LogP contribution in [0.25, 0.3) is 0 Å². The van der Waals surface area contributed by atoms with Crippen LogP contribution in [0.3, 0.4) is 0 Å². The van der Waals surface area contributed by atoms with Crippen molar-refractivity contribution >= 4 is 37.6 Å². The van der Waals surface area contributed by atoms with Crippen molar-refractivity contribution in [2.24, 2.45) is 11.7 Å². The van der Waals surface area contributed by atoms with E-state index in [1.165, 1.54) is 19.1 Å². The highest BCUT2D eigenvalue weighted by atomic mass is 79.9. The van der Waals surface area contributed by atoms with E-state index in [9.17, 15) is 18.0 Å². The van der Waals surface area contributed by atoms with E-state index in [2.05, 4.69) is 15.9 Å². The predicted molar refractivity (Wildman–Crippen MR) is 71.5 cm³/mol. The van der Waals surface area contributed by atoms with E-state index in [4.69, 9.17) is 10.8 Å². The molecule has 1 aromatic carbocycles. The van der Waals surface area contributed by atoms with E-state index in [1.54, 1.807) is 0 Å². The lowest BCUT2D eigenvalue weighted by Gasteiger charge is -2.09. The number of hydrogen-bond donors (Lipinski definition) is 2. The van der Waals surface area contributed by atoms with Gasteiger partial charge in [-0.3, -0.25) is 4.79 Å². The Morgan fingerprint density at radius 2 is 2.00 bits per heavy atom. The number of halogens is 1. The van der Waals surface area contributed by atoms with Gasteiger partial charge in [0.05, 0.1) is 16.2 Å². The molecule has 3 N–H and O–H groups in total. The lowest BCUT2D eigenvalue weighted by atomic mass is 10.2. The summed E-state index contributed by atoms with van der Waals surface area (Å²) in [6.07, 6.45) is 0. The van der Waals surface area contributed by atoms with Crippen LogP contribution < -0.4 is 5.73 Å². The molecular formula is C11H12BrNO5S. The van der Waals surface area contributed by atoms with E-state index < -0.39 is 33.4 Å². The monoisotopic (exact) mass is 349 g/mol. The molecule has 0 heterocycles. The quantitative estimate of drug-likeness (QED) is 0.824. The van der Waals surface area contributed by atoms with Crippen LogP contribution in [0.1, 0.15) is 17.3 Å². The van der Waals surface area contributed by atoms with Gasteiger partial charge in [0.2, 0.25) is 5.91 Å². The zero-order valence-corrected chi connectivity index (χ0v) is 12.4. The number of carboxylic acids is 1. The highest BCUT2D eigenvalue weighted by molar-refractivity contribution is 9.10. The maximum absolute atomic E-state index is 12.0. The summed E-state index contributed by atoms with van der Waals surface area (Å²) in [6, 6.07) is 3.67. The van der Waals surface area contributed by atoms with Crippen LogP contribution in [-0.2, 0) is 14.6 Å². The summed E-state index contributed by atoms with van der Waals surface area (Å²) in [4.78, 5) is 21.7. The first-order valence-corrected chi connectivity index (χ1v) is 7.64. The molecule has 1 atom stereocenters. The first-order chi connectivity index (χ1) is 8.65. The molecule has 0 spiro atoms. The van der Waals surface area contributed by atoms with Gasteiger partial charge < -0.3 is 10.8 Å². The Bertz CT molecular complexity index is 626. The van der Waals surface area contributed by atoms with Crippen molar-refractivity contribution in [1.29, 1.82) is 0 Å². The lowest BCUT2D eigenvalue weighted by Crippen LogP contribution is -2.27. The molecule has 104 valence electrons.